The van der Waals surface area contributed by atoms with E-state index < -0.39 is 24.3 Å². The van der Waals surface area contributed by atoms with E-state index in [0.29, 0.717) is 19.5 Å². The van der Waals surface area contributed by atoms with Gasteiger partial charge in [-0.2, -0.15) is 0 Å². The topological polar surface area (TPSA) is 103 Å². The number of carbonyl (C=O) groups excluding carboxylic acids is 3. The summed E-state index contributed by atoms with van der Waals surface area (Å²) in [5, 5.41) is 5.47. The normalized spacial score (nSPS) is 11.7. The lowest BCUT2D eigenvalue weighted by molar-refractivity contribution is -0.155. The second-order valence-corrected chi connectivity index (χ2v) is 14.8. The zero-order valence-corrected chi connectivity index (χ0v) is 34.0. The number of amides is 2. The van der Waals surface area contributed by atoms with Crippen molar-refractivity contribution >= 4 is 18.2 Å². The summed E-state index contributed by atoms with van der Waals surface area (Å²) in [4.78, 5) is 37.2. The van der Waals surface area contributed by atoms with E-state index in [1.807, 2.05) is 6.92 Å². The summed E-state index contributed by atoms with van der Waals surface area (Å²) >= 11 is 0. The minimum atomic E-state index is -1.29. The van der Waals surface area contributed by atoms with Crippen LogP contribution in [0.3, 0.4) is 0 Å². The summed E-state index contributed by atoms with van der Waals surface area (Å²) in [6.45, 7) is 7.40. The highest BCUT2D eigenvalue weighted by molar-refractivity contribution is 5.79. The minimum absolute atomic E-state index is 0.237. The van der Waals surface area contributed by atoms with Crippen LogP contribution in [0.15, 0.2) is 0 Å². The summed E-state index contributed by atoms with van der Waals surface area (Å²) in [6.07, 6.45) is 37.6. The van der Waals surface area contributed by atoms with Gasteiger partial charge in [0.2, 0.25) is 6.10 Å². The van der Waals surface area contributed by atoms with E-state index in [-0.39, 0.29) is 13.2 Å². The first-order chi connectivity index (χ1) is 25.0. The number of rotatable bonds is 39. The summed E-state index contributed by atoms with van der Waals surface area (Å²) in [5.74, 6) is -0.694. The van der Waals surface area contributed by atoms with Crippen LogP contribution in [-0.2, 0) is 19.0 Å². The second kappa shape index (κ2) is 40.8. The fraction of sp³-hybridized carbons (Fsp3) is 0.930. The van der Waals surface area contributed by atoms with Crippen molar-refractivity contribution in [3.05, 3.63) is 0 Å². The highest BCUT2D eigenvalue weighted by Crippen LogP contribution is 2.15. The maximum absolute atomic E-state index is 12.6. The molecule has 0 bridgehead atoms. The van der Waals surface area contributed by atoms with Crippen LogP contribution < -0.4 is 10.6 Å². The number of nitrogens with one attached hydrogen (secondary N) is 2. The van der Waals surface area contributed by atoms with Gasteiger partial charge in [-0.15, -0.1) is 0 Å². The van der Waals surface area contributed by atoms with Gasteiger partial charge in [0.1, 0.15) is 6.61 Å². The Balaban J connectivity index is 3.94. The highest BCUT2D eigenvalue weighted by atomic mass is 16.6. The Morgan fingerprint density at radius 1 is 0.392 bits per heavy atom. The van der Waals surface area contributed by atoms with E-state index in [4.69, 9.17) is 14.2 Å². The third-order valence-corrected chi connectivity index (χ3v) is 9.72. The predicted molar refractivity (Wildman–Crippen MR) is 213 cm³/mol. The van der Waals surface area contributed by atoms with Crippen molar-refractivity contribution in [1.29, 1.82) is 0 Å². The minimum Gasteiger partial charge on any atom is -0.463 e. The van der Waals surface area contributed by atoms with Crippen LogP contribution in [0.25, 0.3) is 0 Å². The number of unbranched alkanes of at least 4 members (excludes halogenated alkanes) is 29. The molecular formula is C43H84N2O6. The lowest BCUT2D eigenvalue weighted by Gasteiger charge is -2.17. The van der Waals surface area contributed by atoms with E-state index in [1.54, 1.807) is 0 Å². The van der Waals surface area contributed by atoms with Crippen molar-refractivity contribution in [1.82, 2.24) is 10.6 Å². The summed E-state index contributed by atoms with van der Waals surface area (Å²) in [6, 6.07) is 0. The van der Waals surface area contributed by atoms with Crippen LogP contribution in [0.5, 0.6) is 0 Å². The van der Waals surface area contributed by atoms with Crippen LogP contribution in [-0.4, -0.2) is 50.6 Å². The molecule has 0 radical (unpaired) electrons. The summed E-state index contributed by atoms with van der Waals surface area (Å²) < 4.78 is 15.8. The van der Waals surface area contributed by atoms with Crippen LogP contribution in [0.4, 0.5) is 9.59 Å². The van der Waals surface area contributed by atoms with Gasteiger partial charge in [-0.3, -0.25) is 0 Å². The number of esters is 1. The number of alkyl carbamates (subject to hydrolysis) is 2. The van der Waals surface area contributed by atoms with Crippen molar-refractivity contribution < 1.29 is 28.6 Å². The fourth-order valence-electron chi connectivity index (χ4n) is 6.31. The third kappa shape index (κ3) is 37.6. The first-order valence-electron chi connectivity index (χ1n) is 22.1. The van der Waals surface area contributed by atoms with Crippen molar-refractivity contribution in [2.45, 2.75) is 232 Å². The first kappa shape index (κ1) is 49.0. The molecule has 1 atom stereocenters. The SMILES string of the molecule is CCCCCCCCCCCCCCCCCCNC(=O)OC(COC(=O)NCCCCCCCCCCCCCCCC)C(=O)OCCCC. The van der Waals surface area contributed by atoms with Gasteiger partial charge in [0.05, 0.1) is 6.61 Å². The zero-order valence-electron chi connectivity index (χ0n) is 34.0. The maximum Gasteiger partial charge on any atom is 0.408 e. The largest absolute Gasteiger partial charge is 0.463 e. The van der Waals surface area contributed by atoms with Crippen molar-refractivity contribution in [2.24, 2.45) is 0 Å². The van der Waals surface area contributed by atoms with E-state index in [9.17, 15) is 14.4 Å². The second-order valence-electron chi connectivity index (χ2n) is 14.8. The van der Waals surface area contributed by atoms with Gasteiger partial charge < -0.3 is 24.8 Å². The lowest BCUT2D eigenvalue weighted by atomic mass is 10.0. The van der Waals surface area contributed by atoms with Gasteiger partial charge in [0, 0.05) is 13.1 Å². The number of hydrogen-bond donors (Lipinski definition) is 2. The van der Waals surface area contributed by atoms with Crippen LogP contribution in [0.1, 0.15) is 226 Å². The molecule has 0 aliphatic carbocycles. The van der Waals surface area contributed by atoms with Gasteiger partial charge in [0.15, 0.2) is 0 Å². The molecular weight excluding hydrogens is 640 g/mol. The molecule has 0 aromatic heterocycles. The van der Waals surface area contributed by atoms with Crippen molar-refractivity contribution in [3.8, 4) is 0 Å². The van der Waals surface area contributed by atoms with Gasteiger partial charge in [0.25, 0.3) is 0 Å². The average Bonchev–Trinajstić information content (AvgIpc) is 3.13. The Morgan fingerprint density at radius 2 is 0.706 bits per heavy atom. The molecule has 0 spiro atoms. The van der Waals surface area contributed by atoms with Crippen LogP contribution in [0.2, 0.25) is 0 Å². The molecule has 0 aliphatic rings. The lowest BCUT2D eigenvalue weighted by Crippen LogP contribution is -2.39. The Bertz CT molecular complexity index is 765. The summed E-state index contributed by atoms with van der Waals surface area (Å²) in [5.41, 5.74) is 0. The Labute approximate surface area is 315 Å². The maximum atomic E-state index is 12.6. The molecule has 0 aliphatic heterocycles. The van der Waals surface area contributed by atoms with Gasteiger partial charge >= 0.3 is 18.2 Å². The van der Waals surface area contributed by atoms with E-state index in [2.05, 4.69) is 24.5 Å². The predicted octanol–water partition coefficient (Wildman–Crippen LogP) is 12.9. The molecule has 0 fully saturated rings. The van der Waals surface area contributed by atoms with Gasteiger partial charge in [-0.25, -0.2) is 14.4 Å². The number of carbonyl (C=O) groups is 3. The van der Waals surface area contributed by atoms with E-state index in [1.165, 1.54) is 161 Å². The number of hydrogen-bond acceptors (Lipinski definition) is 6. The molecule has 8 heteroatoms. The van der Waals surface area contributed by atoms with Gasteiger partial charge in [-0.1, -0.05) is 207 Å². The van der Waals surface area contributed by atoms with Crippen LogP contribution >= 0.6 is 0 Å². The average molecular weight is 725 g/mol. The molecule has 0 saturated heterocycles. The molecule has 302 valence electrons. The summed E-state index contributed by atoms with van der Waals surface area (Å²) in [7, 11) is 0. The quantitative estimate of drug-likeness (QED) is 0.0372. The number of ether oxygens (including phenoxy) is 3. The third-order valence-electron chi connectivity index (χ3n) is 9.72. The van der Waals surface area contributed by atoms with Crippen molar-refractivity contribution in [3.63, 3.8) is 0 Å². The molecule has 51 heavy (non-hydrogen) atoms. The molecule has 8 nitrogen and oxygen atoms in total. The first-order valence-corrected chi connectivity index (χ1v) is 22.1. The highest BCUT2D eigenvalue weighted by Gasteiger charge is 2.26. The molecule has 0 aromatic rings. The smallest absolute Gasteiger partial charge is 0.408 e. The molecule has 0 heterocycles. The molecule has 0 rings (SSSR count). The standard InChI is InChI=1S/C43H84N2O6/c1-4-7-10-12-14-16-18-20-22-23-25-27-29-31-33-35-37-45-43(48)51-40(41(46)49-38-9-6-3)39-50-42(47)44-36-34-32-30-28-26-24-21-19-17-15-13-11-8-5-2/h40H,4-39H2,1-3H3,(H,44,47)(H,45,48). The fourth-order valence-corrected chi connectivity index (χ4v) is 6.31. The Hall–Kier alpha value is -1.99. The van der Waals surface area contributed by atoms with Crippen LogP contribution in [0, 0.1) is 0 Å². The zero-order chi connectivity index (χ0) is 37.3. The molecule has 0 saturated carbocycles. The molecule has 1 unspecified atom stereocenters. The van der Waals surface area contributed by atoms with E-state index >= 15 is 0 Å². The molecule has 0 aromatic carbocycles. The molecule has 2 N–H and O–H groups in total. The van der Waals surface area contributed by atoms with E-state index in [0.717, 1.165) is 38.5 Å². The van der Waals surface area contributed by atoms with Crippen molar-refractivity contribution in [2.75, 3.05) is 26.3 Å². The Morgan fingerprint density at radius 3 is 1.06 bits per heavy atom. The molecule has 2 amide bonds. The monoisotopic (exact) mass is 725 g/mol. The Kier molecular flexibility index (Phi) is 39.2. The van der Waals surface area contributed by atoms with Gasteiger partial charge in [-0.05, 0) is 19.3 Å².